The number of aryl methyl sites for hydroxylation is 1. The Balaban J connectivity index is 2.06. The van der Waals surface area contributed by atoms with Gasteiger partial charge in [0.05, 0.1) is 0 Å². The van der Waals surface area contributed by atoms with E-state index >= 15 is 0 Å². The lowest BCUT2D eigenvalue weighted by molar-refractivity contribution is 0.801. The topological polar surface area (TPSA) is 66.3 Å². The van der Waals surface area contributed by atoms with E-state index < -0.39 is 0 Å². The molecule has 0 bridgehead atoms. The highest BCUT2D eigenvalue weighted by Gasteiger charge is 2.15. The number of thioether (sulfide) groups is 1. The summed E-state index contributed by atoms with van der Waals surface area (Å²) in [5.41, 5.74) is 0.583. The number of H-pyrrole nitrogens is 1. The molecule has 0 aliphatic carbocycles. The average molecular weight is 251 g/mol. The maximum atomic E-state index is 11.7. The highest BCUT2D eigenvalue weighted by Crippen LogP contribution is 2.15. The summed E-state index contributed by atoms with van der Waals surface area (Å²) >= 11 is 1.94. The number of rotatable bonds is 1. The lowest BCUT2D eigenvalue weighted by atomic mass is 10.5. The van der Waals surface area contributed by atoms with Gasteiger partial charge in [-0.25, -0.2) is 4.98 Å². The monoisotopic (exact) mass is 251 g/mol. The summed E-state index contributed by atoms with van der Waals surface area (Å²) in [6, 6.07) is 1.50. The molecule has 0 saturated carbocycles. The van der Waals surface area contributed by atoms with Crippen molar-refractivity contribution in [3.63, 3.8) is 0 Å². The summed E-state index contributed by atoms with van der Waals surface area (Å²) in [4.78, 5) is 22.5. The van der Waals surface area contributed by atoms with Gasteiger partial charge >= 0.3 is 0 Å². The minimum atomic E-state index is -0.113. The van der Waals surface area contributed by atoms with Crippen LogP contribution in [0.3, 0.4) is 0 Å². The van der Waals surface area contributed by atoms with E-state index in [0.717, 1.165) is 30.5 Å². The highest BCUT2D eigenvalue weighted by atomic mass is 32.2. The van der Waals surface area contributed by atoms with Crippen LogP contribution in [0.2, 0.25) is 0 Å². The Morgan fingerprint density at radius 1 is 1.35 bits per heavy atom. The van der Waals surface area contributed by atoms with Gasteiger partial charge in [0, 0.05) is 36.4 Å². The predicted molar refractivity (Wildman–Crippen MR) is 67.9 cm³/mol. The first kappa shape index (κ1) is 10.6. The fourth-order valence-electron chi connectivity index (χ4n) is 1.90. The van der Waals surface area contributed by atoms with Crippen LogP contribution in [0, 0.1) is 6.92 Å². The van der Waals surface area contributed by atoms with Crippen LogP contribution in [-0.2, 0) is 0 Å². The van der Waals surface area contributed by atoms with Crippen molar-refractivity contribution in [2.75, 3.05) is 29.5 Å². The van der Waals surface area contributed by atoms with Crippen molar-refractivity contribution in [3.8, 4) is 0 Å². The highest BCUT2D eigenvalue weighted by molar-refractivity contribution is 7.99. The lowest BCUT2D eigenvalue weighted by Gasteiger charge is -2.25. The van der Waals surface area contributed by atoms with Gasteiger partial charge in [-0.1, -0.05) is 0 Å². The van der Waals surface area contributed by atoms with Crippen molar-refractivity contribution in [3.05, 3.63) is 22.1 Å². The summed E-state index contributed by atoms with van der Waals surface area (Å²) < 4.78 is 1.39. The third kappa shape index (κ3) is 1.90. The normalized spacial score (nSPS) is 16.6. The van der Waals surface area contributed by atoms with Crippen LogP contribution < -0.4 is 10.5 Å². The molecule has 3 heterocycles. The third-order valence-electron chi connectivity index (χ3n) is 2.76. The molecule has 7 heteroatoms. The zero-order valence-electron chi connectivity index (χ0n) is 9.51. The Hall–Kier alpha value is -1.50. The van der Waals surface area contributed by atoms with Gasteiger partial charge in [-0.05, 0) is 6.92 Å². The van der Waals surface area contributed by atoms with Crippen molar-refractivity contribution < 1.29 is 0 Å². The molecule has 0 aromatic carbocycles. The Labute approximate surface area is 102 Å². The molecule has 0 spiro atoms. The zero-order chi connectivity index (χ0) is 11.8. The maximum absolute atomic E-state index is 11.7. The van der Waals surface area contributed by atoms with Gasteiger partial charge < -0.3 is 4.90 Å². The molecule has 1 N–H and O–H groups in total. The third-order valence-corrected chi connectivity index (χ3v) is 3.70. The Kier molecular flexibility index (Phi) is 2.54. The van der Waals surface area contributed by atoms with Crippen LogP contribution in [0.4, 0.5) is 5.95 Å². The molecule has 1 aliphatic heterocycles. The molecule has 1 saturated heterocycles. The fraction of sp³-hybridized carbons (Fsp3) is 0.500. The van der Waals surface area contributed by atoms with Gasteiger partial charge in [-0.15, -0.1) is 0 Å². The molecule has 0 unspecified atom stereocenters. The van der Waals surface area contributed by atoms with Crippen LogP contribution in [0.1, 0.15) is 5.69 Å². The van der Waals surface area contributed by atoms with Gasteiger partial charge in [0.25, 0.3) is 11.3 Å². The fourth-order valence-corrected chi connectivity index (χ4v) is 2.80. The summed E-state index contributed by atoms with van der Waals surface area (Å²) in [5.74, 6) is 3.38. The van der Waals surface area contributed by atoms with E-state index in [1.54, 1.807) is 6.92 Å². The van der Waals surface area contributed by atoms with Gasteiger partial charge in [0.2, 0.25) is 5.95 Å². The molecule has 3 rings (SSSR count). The Morgan fingerprint density at radius 2 is 2.12 bits per heavy atom. The summed E-state index contributed by atoms with van der Waals surface area (Å²) in [5, 5.41) is 3.01. The van der Waals surface area contributed by atoms with Crippen LogP contribution in [0.5, 0.6) is 0 Å². The Bertz CT molecular complexity index is 598. The number of aromatic amines is 1. The second kappa shape index (κ2) is 4.06. The quantitative estimate of drug-likeness (QED) is 0.788. The van der Waals surface area contributed by atoms with Crippen molar-refractivity contribution in [2.45, 2.75) is 6.92 Å². The summed E-state index contributed by atoms with van der Waals surface area (Å²) in [6.45, 7) is 3.71. The largest absolute Gasteiger partial charge is 0.340 e. The second-order valence-corrected chi connectivity index (χ2v) is 5.24. The predicted octanol–water partition coefficient (Wildman–Crippen LogP) is 0.279. The minimum Gasteiger partial charge on any atom is -0.340 e. The molecule has 0 atom stereocenters. The first-order valence-electron chi connectivity index (χ1n) is 5.53. The van der Waals surface area contributed by atoms with Crippen molar-refractivity contribution in [1.29, 1.82) is 0 Å². The summed E-state index contributed by atoms with van der Waals surface area (Å²) in [7, 11) is 0. The average Bonchev–Trinajstić information content (AvgIpc) is 2.74. The molecule has 6 nitrogen and oxygen atoms in total. The Morgan fingerprint density at radius 3 is 2.88 bits per heavy atom. The number of hydrogen-bond donors (Lipinski definition) is 1. The van der Waals surface area contributed by atoms with Crippen molar-refractivity contribution in [1.82, 2.24) is 19.6 Å². The van der Waals surface area contributed by atoms with E-state index in [2.05, 4.69) is 20.0 Å². The van der Waals surface area contributed by atoms with Gasteiger partial charge in [-0.3, -0.25) is 9.89 Å². The van der Waals surface area contributed by atoms with E-state index in [4.69, 9.17) is 0 Å². The number of hydrogen-bond acceptors (Lipinski definition) is 5. The molecule has 0 radical (unpaired) electrons. The molecule has 2 aromatic rings. The van der Waals surface area contributed by atoms with Gasteiger partial charge in [-0.2, -0.15) is 21.3 Å². The molecular formula is C10H13N5OS. The molecule has 1 aliphatic rings. The van der Waals surface area contributed by atoms with E-state index in [-0.39, 0.29) is 5.56 Å². The molecule has 2 aromatic heterocycles. The van der Waals surface area contributed by atoms with Crippen LogP contribution >= 0.6 is 11.8 Å². The molecular weight excluding hydrogens is 238 g/mol. The van der Waals surface area contributed by atoms with E-state index in [9.17, 15) is 4.79 Å². The van der Waals surface area contributed by atoms with E-state index in [1.165, 1.54) is 10.6 Å². The maximum Gasteiger partial charge on any atom is 0.274 e. The van der Waals surface area contributed by atoms with Crippen molar-refractivity contribution in [2.24, 2.45) is 0 Å². The second-order valence-electron chi connectivity index (χ2n) is 4.02. The standard InChI is InChI=1S/C10H13N5OS/c1-7-6-8(16)15-9(11-7)12-10(13-15)14-2-4-17-5-3-14/h6H,2-5H2,1H3,(H,11,12,13). The van der Waals surface area contributed by atoms with Gasteiger partial charge in [0.15, 0.2) is 0 Å². The number of aromatic nitrogens is 4. The SMILES string of the molecule is Cc1cc(=O)n2[nH]c(N3CCSCC3)nc2n1. The first-order valence-corrected chi connectivity index (χ1v) is 6.68. The lowest BCUT2D eigenvalue weighted by Crippen LogP contribution is -2.33. The smallest absolute Gasteiger partial charge is 0.274 e. The summed E-state index contributed by atoms with van der Waals surface area (Å²) in [6.07, 6.45) is 0. The minimum absolute atomic E-state index is 0.113. The zero-order valence-corrected chi connectivity index (χ0v) is 10.3. The van der Waals surface area contributed by atoms with Crippen LogP contribution in [0.25, 0.3) is 5.78 Å². The number of fused-ring (bicyclic) bond motifs is 1. The molecule has 90 valence electrons. The molecule has 17 heavy (non-hydrogen) atoms. The van der Waals surface area contributed by atoms with Crippen LogP contribution in [-0.4, -0.2) is 44.2 Å². The van der Waals surface area contributed by atoms with Crippen molar-refractivity contribution >= 4 is 23.5 Å². The van der Waals surface area contributed by atoms with E-state index in [0.29, 0.717) is 11.5 Å². The van der Waals surface area contributed by atoms with Gasteiger partial charge in [0.1, 0.15) is 0 Å². The van der Waals surface area contributed by atoms with Crippen LogP contribution in [0.15, 0.2) is 10.9 Å². The molecule has 1 fully saturated rings. The first-order chi connectivity index (χ1) is 8.24. The number of anilines is 1. The van der Waals surface area contributed by atoms with E-state index in [1.807, 2.05) is 11.8 Å². The number of nitrogens with one attached hydrogen (secondary N) is 1. The number of nitrogens with zero attached hydrogens (tertiary/aromatic N) is 4. The molecule has 0 amide bonds.